The van der Waals surface area contributed by atoms with Gasteiger partial charge in [0.15, 0.2) is 0 Å². The number of anilines is 4. The van der Waals surface area contributed by atoms with Gasteiger partial charge in [-0.2, -0.15) is 0 Å². The molecule has 2 heterocycles. The van der Waals surface area contributed by atoms with Gasteiger partial charge in [-0.25, -0.2) is 9.97 Å². The number of aromatic nitrogens is 2. The van der Waals surface area contributed by atoms with E-state index in [4.69, 9.17) is 20.2 Å². The molecule has 0 unspecified atom stereocenters. The Bertz CT molecular complexity index is 1470. The predicted molar refractivity (Wildman–Crippen MR) is 151 cm³/mol. The zero-order valence-corrected chi connectivity index (χ0v) is 21.2. The minimum absolute atomic E-state index is 0.0201. The van der Waals surface area contributed by atoms with E-state index in [-0.39, 0.29) is 12.0 Å². The highest BCUT2D eigenvalue weighted by Gasteiger charge is 2.20. The van der Waals surface area contributed by atoms with Crippen molar-refractivity contribution in [3.8, 4) is 16.9 Å². The molecule has 0 aliphatic carbocycles. The lowest BCUT2D eigenvalue weighted by Gasteiger charge is -2.34. The molecular weight excluding hydrogens is 480 g/mol. The van der Waals surface area contributed by atoms with Crippen molar-refractivity contribution in [2.45, 2.75) is 6.10 Å². The van der Waals surface area contributed by atoms with Crippen molar-refractivity contribution < 1.29 is 14.3 Å². The summed E-state index contributed by atoms with van der Waals surface area (Å²) in [6, 6.07) is 19.6. The van der Waals surface area contributed by atoms with Crippen molar-refractivity contribution in [2.24, 2.45) is 5.73 Å². The molecule has 4 N–H and O–H groups in total. The first-order valence-electron chi connectivity index (χ1n) is 12.4. The molecule has 5 rings (SSSR count). The standard InChI is InChI=1S/C29H30N6O3/c1-3-27(36)32-21-8-4-6-19(14-21)24-9-5-7-20-17-31-29(34-28(20)24)33-25-11-10-22(15-26(25)37-2)35-12-13-38-23(16-30)18-35/h3-11,14-15,17,23H,1,12-13,16,18,30H2,2H3,(H,32,36)(H,31,33,34)/t23-/m1/s1. The lowest BCUT2D eigenvalue weighted by atomic mass is 10.0. The molecule has 0 bridgehead atoms. The molecule has 9 nitrogen and oxygen atoms in total. The molecule has 0 radical (unpaired) electrons. The lowest BCUT2D eigenvalue weighted by Crippen LogP contribution is -2.45. The van der Waals surface area contributed by atoms with Crippen LogP contribution in [0.1, 0.15) is 0 Å². The van der Waals surface area contributed by atoms with Crippen LogP contribution in [0.15, 0.2) is 79.5 Å². The molecule has 1 atom stereocenters. The van der Waals surface area contributed by atoms with Crippen LogP contribution in [-0.4, -0.2) is 55.3 Å². The molecule has 4 aromatic rings. The number of carbonyl (C=O) groups is 1. The third kappa shape index (κ3) is 5.44. The van der Waals surface area contributed by atoms with Crippen molar-refractivity contribution in [1.29, 1.82) is 0 Å². The van der Waals surface area contributed by atoms with E-state index in [9.17, 15) is 4.79 Å². The molecule has 9 heteroatoms. The number of benzene rings is 3. The summed E-state index contributed by atoms with van der Waals surface area (Å²) in [5.74, 6) is 0.865. The topological polar surface area (TPSA) is 115 Å². The second-order valence-electron chi connectivity index (χ2n) is 8.90. The summed E-state index contributed by atoms with van der Waals surface area (Å²) in [5.41, 5.74) is 10.9. The van der Waals surface area contributed by atoms with Crippen LogP contribution in [0.25, 0.3) is 22.0 Å². The van der Waals surface area contributed by atoms with Crippen molar-refractivity contribution in [2.75, 3.05) is 48.9 Å². The van der Waals surface area contributed by atoms with Gasteiger partial charge in [0.1, 0.15) is 5.75 Å². The van der Waals surface area contributed by atoms with Crippen LogP contribution in [0.3, 0.4) is 0 Å². The SMILES string of the molecule is C=CC(=O)Nc1cccc(-c2cccc3cnc(Nc4ccc(N5CCO[C@H](CN)C5)cc4OC)nc23)c1. The van der Waals surface area contributed by atoms with Gasteiger partial charge in [-0.1, -0.05) is 36.9 Å². The minimum atomic E-state index is -0.262. The Kier molecular flexibility index (Phi) is 7.48. The summed E-state index contributed by atoms with van der Waals surface area (Å²) >= 11 is 0. The minimum Gasteiger partial charge on any atom is -0.494 e. The summed E-state index contributed by atoms with van der Waals surface area (Å²) < 4.78 is 11.4. The first kappa shape index (κ1) is 25.2. The fraction of sp³-hybridized carbons (Fsp3) is 0.207. The van der Waals surface area contributed by atoms with Gasteiger partial charge in [0.05, 0.1) is 31.0 Å². The molecule has 1 aromatic heterocycles. The maximum Gasteiger partial charge on any atom is 0.247 e. The first-order chi connectivity index (χ1) is 18.6. The maximum absolute atomic E-state index is 11.8. The van der Waals surface area contributed by atoms with Gasteiger partial charge in [0.25, 0.3) is 0 Å². The second-order valence-corrected chi connectivity index (χ2v) is 8.90. The van der Waals surface area contributed by atoms with Crippen LogP contribution in [0.2, 0.25) is 0 Å². The van der Waals surface area contributed by atoms with Crippen LogP contribution < -0.4 is 26.0 Å². The fourth-order valence-corrected chi connectivity index (χ4v) is 4.50. The highest BCUT2D eigenvalue weighted by atomic mass is 16.5. The molecule has 194 valence electrons. The second kappa shape index (κ2) is 11.3. The number of nitrogens with zero attached hydrogens (tertiary/aromatic N) is 3. The van der Waals surface area contributed by atoms with Crippen LogP contribution in [0, 0.1) is 0 Å². The summed E-state index contributed by atoms with van der Waals surface area (Å²) in [5, 5.41) is 7.02. The summed E-state index contributed by atoms with van der Waals surface area (Å²) in [7, 11) is 1.64. The van der Waals surface area contributed by atoms with Gasteiger partial charge in [0, 0.05) is 54.2 Å². The predicted octanol–water partition coefficient (Wildman–Crippen LogP) is 4.34. The average Bonchev–Trinajstić information content (AvgIpc) is 2.97. The largest absolute Gasteiger partial charge is 0.494 e. The van der Waals surface area contributed by atoms with E-state index in [1.165, 1.54) is 6.08 Å². The highest BCUT2D eigenvalue weighted by molar-refractivity contribution is 6.00. The zero-order valence-electron chi connectivity index (χ0n) is 21.2. The summed E-state index contributed by atoms with van der Waals surface area (Å²) in [6.07, 6.45) is 3.06. The van der Waals surface area contributed by atoms with E-state index >= 15 is 0 Å². The number of hydrogen-bond donors (Lipinski definition) is 3. The monoisotopic (exact) mass is 510 g/mol. The number of nitrogens with one attached hydrogen (secondary N) is 2. The van der Waals surface area contributed by atoms with Gasteiger partial charge in [-0.05, 0) is 35.9 Å². The van der Waals surface area contributed by atoms with E-state index in [1.807, 2.05) is 60.7 Å². The van der Waals surface area contributed by atoms with Crippen molar-refractivity contribution in [1.82, 2.24) is 9.97 Å². The van der Waals surface area contributed by atoms with Gasteiger partial charge in [-0.3, -0.25) is 4.79 Å². The summed E-state index contributed by atoms with van der Waals surface area (Å²) in [6.45, 7) is 6.17. The van der Waals surface area contributed by atoms with Crippen molar-refractivity contribution in [3.63, 3.8) is 0 Å². The van der Waals surface area contributed by atoms with Gasteiger partial charge in [-0.15, -0.1) is 0 Å². The zero-order chi connectivity index (χ0) is 26.5. The normalized spacial score (nSPS) is 15.2. The average molecular weight is 511 g/mol. The Balaban J connectivity index is 1.44. The number of methoxy groups -OCH3 is 1. The Morgan fingerprint density at radius 1 is 1.24 bits per heavy atom. The lowest BCUT2D eigenvalue weighted by molar-refractivity contribution is -0.111. The quantitative estimate of drug-likeness (QED) is 0.300. The molecular formula is C29H30N6O3. The van der Waals surface area contributed by atoms with Gasteiger partial charge in [0.2, 0.25) is 11.9 Å². The Morgan fingerprint density at radius 2 is 2.11 bits per heavy atom. The van der Waals surface area contributed by atoms with Gasteiger partial charge >= 0.3 is 0 Å². The smallest absolute Gasteiger partial charge is 0.247 e. The van der Waals surface area contributed by atoms with E-state index in [1.54, 1.807) is 13.3 Å². The van der Waals surface area contributed by atoms with Crippen molar-refractivity contribution >= 4 is 39.8 Å². The molecule has 0 spiro atoms. The van der Waals surface area contributed by atoms with Gasteiger partial charge < -0.3 is 30.7 Å². The molecule has 3 aromatic carbocycles. The van der Waals surface area contributed by atoms with Crippen LogP contribution in [-0.2, 0) is 9.53 Å². The van der Waals surface area contributed by atoms with Crippen molar-refractivity contribution in [3.05, 3.63) is 79.5 Å². The number of rotatable bonds is 8. The number of morpholine rings is 1. The number of nitrogens with two attached hydrogens (primary N) is 1. The van der Waals surface area contributed by atoms with Crippen LogP contribution in [0.4, 0.5) is 23.0 Å². The number of hydrogen-bond acceptors (Lipinski definition) is 8. The van der Waals surface area contributed by atoms with E-state index in [0.717, 1.165) is 46.5 Å². The molecule has 1 fully saturated rings. The molecule has 1 amide bonds. The molecule has 0 saturated carbocycles. The number of carbonyl (C=O) groups excluding carboxylic acids is 1. The number of amides is 1. The molecule has 1 aliphatic heterocycles. The van der Waals surface area contributed by atoms with E-state index < -0.39 is 0 Å². The first-order valence-corrected chi connectivity index (χ1v) is 12.4. The molecule has 38 heavy (non-hydrogen) atoms. The van der Waals surface area contributed by atoms with Crippen LogP contribution >= 0.6 is 0 Å². The Labute approximate surface area is 221 Å². The number of ether oxygens (including phenoxy) is 2. The number of para-hydroxylation sites is 1. The van der Waals surface area contributed by atoms with Crippen LogP contribution in [0.5, 0.6) is 5.75 Å². The van der Waals surface area contributed by atoms with E-state index in [0.29, 0.717) is 30.5 Å². The maximum atomic E-state index is 11.8. The molecule has 1 aliphatic rings. The summed E-state index contributed by atoms with van der Waals surface area (Å²) in [4.78, 5) is 23.4. The number of fused-ring (bicyclic) bond motifs is 1. The highest BCUT2D eigenvalue weighted by Crippen LogP contribution is 2.34. The van der Waals surface area contributed by atoms with E-state index in [2.05, 4.69) is 27.1 Å². The Morgan fingerprint density at radius 3 is 2.92 bits per heavy atom. The Hall–Kier alpha value is -4.47. The third-order valence-electron chi connectivity index (χ3n) is 6.44. The molecule has 1 saturated heterocycles. The fourth-order valence-electron chi connectivity index (χ4n) is 4.50. The third-order valence-corrected chi connectivity index (χ3v) is 6.44.